The van der Waals surface area contributed by atoms with Gasteiger partial charge in [-0.15, -0.1) is 0 Å². The molecule has 0 aliphatic rings. The minimum Gasteiger partial charge on any atom is -0.497 e. The molecule has 0 amide bonds. The van der Waals surface area contributed by atoms with Crippen LogP contribution in [0.15, 0.2) is 54.7 Å². The number of aryl methyl sites for hydroxylation is 1. The summed E-state index contributed by atoms with van der Waals surface area (Å²) in [6.45, 7) is 1.91. The number of aromatic nitrogens is 2. The van der Waals surface area contributed by atoms with Gasteiger partial charge in [0.05, 0.1) is 7.11 Å². The number of nitrogens with zero attached hydrogens (tertiary/aromatic N) is 3. The van der Waals surface area contributed by atoms with Crippen molar-refractivity contribution in [1.82, 2.24) is 9.97 Å². The molecule has 1 N–H and O–H groups in total. The first kappa shape index (κ1) is 19.5. The van der Waals surface area contributed by atoms with Crippen molar-refractivity contribution in [2.24, 2.45) is 0 Å². The fraction of sp³-hybridized carbons (Fsp3) is 0.200. The molecule has 0 aliphatic carbocycles. The van der Waals surface area contributed by atoms with E-state index in [1.165, 1.54) is 4.90 Å². The Labute approximate surface area is 160 Å². The largest absolute Gasteiger partial charge is 0.497 e. The van der Waals surface area contributed by atoms with Crippen LogP contribution in [-0.4, -0.2) is 24.1 Å². The van der Waals surface area contributed by atoms with Crippen molar-refractivity contribution < 1.29 is 17.9 Å². The molecule has 1 heterocycles. The average molecular weight is 388 g/mol. The predicted molar refractivity (Wildman–Crippen MR) is 103 cm³/mol. The Kier molecular flexibility index (Phi) is 5.39. The van der Waals surface area contributed by atoms with Crippen molar-refractivity contribution in [1.29, 1.82) is 0 Å². The third-order valence-electron chi connectivity index (χ3n) is 4.16. The van der Waals surface area contributed by atoms with Gasteiger partial charge in [-0.05, 0) is 43.3 Å². The van der Waals surface area contributed by atoms with E-state index in [0.29, 0.717) is 17.1 Å². The van der Waals surface area contributed by atoms with Crippen molar-refractivity contribution in [3.05, 3.63) is 65.9 Å². The molecule has 0 spiro atoms. The van der Waals surface area contributed by atoms with Crippen LogP contribution in [0.5, 0.6) is 5.75 Å². The smallest absolute Gasteiger partial charge is 0.421 e. The zero-order chi connectivity index (χ0) is 20.3. The molecule has 3 rings (SSSR count). The molecule has 5 nitrogen and oxygen atoms in total. The number of benzene rings is 2. The summed E-state index contributed by atoms with van der Waals surface area (Å²) >= 11 is 0. The number of nitrogens with one attached hydrogen (secondary N) is 1. The molecule has 0 fully saturated rings. The Bertz CT molecular complexity index is 941. The maximum Gasteiger partial charge on any atom is 0.421 e. The summed E-state index contributed by atoms with van der Waals surface area (Å²) in [4.78, 5) is 9.35. The van der Waals surface area contributed by atoms with E-state index in [4.69, 9.17) is 4.74 Å². The molecular weight excluding hydrogens is 369 g/mol. The quantitative estimate of drug-likeness (QED) is 0.641. The number of ether oxygens (including phenoxy) is 1. The Hall–Kier alpha value is -3.29. The van der Waals surface area contributed by atoms with Crippen LogP contribution in [0.25, 0.3) is 0 Å². The minimum atomic E-state index is -4.58. The van der Waals surface area contributed by atoms with Gasteiger partial charge in [0, 0.05) is 24.6 Å². The third-order valence-corrected chi connectivity index (χ3v) is 4.16. The Morgan fingerprint density at radius 3 is 2.21 bits per heavy atom. The summed E-state index contributed by atoms with van der Waals surface area (Å²) in [6, 6.07) is 14.1. The first-order valence-corrected chi connectivity index (χ1v) is 8.43. The lowest BCUT2D eigenvalue weighted by atomic mass is 10.2. The second kappa shape index (κ2) is 7.75. The van der Waals surface area contributed by atoms with Crippen molar-refractivity contribution in [3.63, 3.8) is 0 Å². The van der Waals surface area contributed by atoms with Crippen LogP contribution in [0, 0.1) is 6.92 Å². The molecule has 3 aromatic rings. The second-order valence-corrected chi connectivity index (χ2v) is 6.18. The van der Waals surface area contributed by atoms with E-state index in [9.17, 15) is 13.2 Å². The van der Waals surface area contributed by atoms with E-state index >= 15 is 0 Å². The zero-order valence-corrected chi connectivity index (χ0v) is 15.6. The highest BCUT2D eigenvalue weighted by molar-refractivity contribution is 5.65. The van der Waals surface area contributed by atoms with Crippen LogP contribution in [0.4, 0.5) is 36.3 Å². The van der Waals surface area contributed by atoms with Crippen LogP contribution < -0.4 is 15.0 Å². The van der Waals surface area contributed by atoms with Gasteiger partial charge in [-0.25, -0.2) is 4.98 Å². The van der Waals surface area contributed by atoms with Crippen LogP contribution in [0.2, 0.25) is 0 Å². The lowest BCUT2D eigenvalue weighted by Gasteiger charge is -2.23. The van der Waals surface area contributed by atoms with E-state index in [1.54, 1.807) is 50.6 Å². The lowest BCUT2D eigenvalue weighted by Crippen LogP contribution is -2.19. The van der Waals surface area contributed by atoms with Crippen LogP contribution in [0.1, 0.15) is 11.1 Å². The van der Waals surface area contributed by atoms with E-state index < -0.39 is 11.7 Å². The average Bonchev–Trinajstić information content (AvgIpc) is 2.68. The molecule has 0 unspecified atom stereocenters. The predicted octanol–water partition coefficient (Wildman–Crippen LogP) is 5.32. The fourth-order valence-electron chi connectivity index (χ4n) is 2.58. The van der Waals surface area contributed by atoms with Crippen molar-refractivity contribution in [2.45, 2.75) is 13.1 Å². The highest BCUT2D eigenvalue weighted by Crippen LogP contribution is 2.37. The summed E-state index contributed by atoms with van der Waals surface area (Å²) in [5, 5.41) is 2.92. The molecule has 0 atom stereocenters. The maximum absolute atomic E-state index is 13.5. The molecule has 28 heavy (non-hydrogen) atoms. The number of anilines is 4. The van der Waals surface area contributed by atoms with Crippen molar-refractivity contribution in [2.75, 3.05) is 24.4 Å². The summed E-state index contributed by atoms with van der Waals surface area (Å²) in [5.41, 5.74) is 1.32. The number of halogens is 3. The van der Waals surface area contributed by atoms with Crippen LogP contribution in [-0.2, 0) is 6.18 Å². The highest BCUT2D eigenvalue weighted by atomic mass is 19.4. The third kappa shape index (κ3) is 4.33. The van der Waals surface area contributed by atoms with Gasteiger partial charge in [-0.1, -0.05) is 17.7 Å². The van der Waals surface area contributed by atoms with Crippen molar-refractivity contribution in [3.8, 4) is 5.75 Å². The molecule has 0 radical (unpaired) electrons. The molecule has 0 bridgehead atoms. The standard InChI is InChI=1S/C20H19F3N4O/c1-13-4-8-15(9-5-13)27(2)18-17(20(21,22)23)12-24-19(26-18)25-14-6-10-16(28-3)11-7-14/h4-12H,1-3H3,(H,24,25,26). The molecule has 0 saturated carbocycles. The number of hydrogen-bond acceptors (Lipinski definition) is 5. The first-order chi connectivity index (χ1) is 13.3. The van der Waals surface area contributed by atoms with Gasteiger partial charge in [0.15, 0.2) is 5.82 Å². The zero-order valence-electron chi connectivity index (χ0n) is 15.6. The van der Waals surface area contributed by atoms with Crippen LogP contribution >= 0.6 is 0 Å². The molecule has 0 saturated heterocycles. The van der Waals surface area contributed by atoms with Crippen molar-refractivity contribution >= 4 is 23.1 Å². The fourth-order valence-corrected chi connectivity index (χ4v) is 2.58. The molecule has 1 aromatic heterocycles. The van der Waals surface area contributed by atoms with E-state index in [1.807, 2.05) is 19.1 Å². The van der Waals surface area contributed by atoms with Gasteiger partial charge >= 0.3 is 6.18 Å². The number of alkyl halides is 3. The normalized spacial score (nSPS) is 11.2. The monoisotopic (exact) mass is 388 g/mol. The molecule has 0 aliphatic heterocycles. The van der Waals surface area contributed by atoms with Gasteiger partial charge in [0.1, 0.15) is 11.3 Å². The number of rotatable bonds is 5. The highest BCUT2D eigenvalue weighted by Gasteiger charge is 2.36. The minimum absolute atomic E-state index is 0.0622. The Morgan fingerprint density at radius 1 is 1.00 bits per heavy atom. The second-order valence-electron chi connectivity index (χ2n) is 6.18. The first-order valence-electron chi connectivity index (χ1n) is 8.43. The van der Waals surface area contributed by atoms with E-state index in [2.05, 4.69) is 15.3 Å². The maximum atomic E-state index is 13.5. The Morgan fingerprint density at radius 2 is 1.64 bits per heavy atom. The Balaban J connectivity index is 1.97. The van der Waals surface area contributed by atoms with E-state index in [-0.39, 0.29) is 11.8 Å². The summed E-state index contributed by atoms with van der Waals surface area (Å²) in [5.74, 6) is 0.494. The lowest BCUT2D eigenvalue weighted by molar-refractivity contribution is -0.137. The number of methoxy groups -OCH3 is 1. The van der Waals surface area contributed by atoms with Gasteiger partial charge < -0.3 is 15.0 Å². The van der Waals surface area contributed by atoms with E-state index in [0.717, 1.165) is 11.8 Å². The SMILES string of the molecule is COc1ccc(Nc2ncc(C(F)(F)F)c(N(C)c3ccc(C)cc3)n2)cc1. The number of hydrogen-bond donors (Lipinski definition) is 1. The molecule has 146 valence electrons. The summed E-state index contributed by atoms with van der Waals surface area (Å²) < 4.78 is 45.6. The topological polar surface area (TPSA) is 50.3 Å². The summed E-state index contributed by atoms with van der Waals surface area (Å²) in [7, 11) is 3.09. The van der Waals surface area contributed by atoms with Gasteiger partial charge in [-0.3, -0.25) is 0 Å². The molecule has 2 aromatic carbocycles. The van der Waals surface area contributed by atoms with Crippen LogP contribution in [0.3, 0.4) is 0 Å². The van der Waals surface area contributed by atoms with Gasteiger partial charge in [0.25, 0.3) is 0 Å². The van der Waals surface area contributed by atoms with Gasteiger partial charge in [-0.2, -0.15) is 18.2 Å². The van der Waals surface area contributed by atoms with Gasteiger partial charge in [0.2, 0.25) is 5.95 Å². The molecule has 8 heteroatoms. The summed E-state index contributed by atoms with van der Waals surface area (Å²) in [6.07, 6.45) is -3.79. The molecular formula is C20H19F3N4O.